The van der Waals surface area contributed by atoms with Crippen molar-refractivity contribution >= 4 is 23.2 Å². The second-order valence-corrected chi connectivity index (χ2v) is 5.64. The van der Waals surface area contributed by atoms with Crippen LogP contribution in [0.15, 0.2) is 18.3 Å². The van der Waals surface area contributed by atoms with Crippen molar-refractivity contribution in [1.82, 2.24) is 19.9 Å². The molecule has 0 aliphatic carbocycles. The number of piperazine rings is 1. The summed E-state index contributed by atoms with van der Waals surface area (Å²) >= 11 is 0. The van der Waals surface area contributed by atoms with E-state index in [9.17, 15) is 0 Å². The third-order valence-electron chi connectivity index (χ3n) is 4.24. The van der Waals surface area contributed by atoms with Crippen LogP contribution in [0.3, 0.4) is 0 Å². The summed E-state index contributed by atoms with van der Waals surface area (Å²) in [6.07, 6.45) is 3.89. The maximum absolute atomic E-state index is 8.10. The van der Waals surface area contributed by atoms with Crippen LogP contribution in [0.1, 0.15) is 20.3 Å². The Morgan fingerprint density at radius 3 is 3.05 bits per heavy atom. The van der Waals surface area contributed by atoms with Gasteiger partial charge >= 0.3 is 0 Å². The molecule has 0 unspecified atom stereocenters. The van der Waals surface area contributed by atoms with Crippen molar-refractivity contribution < 1.29 is 0 Å². The summed E-state index contributed by atoms with van der Waals surface area (Å²) in [5, 5.41) is 19.1. The number of nitrogens with zero attached hydrogens (tertiary/aromatic N) is 4. The minimum atomic E-state index is 0.0595. The van der Waals surface area contributed by atoms with Crippen molar-refractivity contribution in [3.05, 3.63) is 23.9 Å². The maximum Gasteiger partial charge on any atom is 0.229 e. The predicted octanol–water partition coefficient (Wildman–Crippen LogP) is 0.943. The van der Waals surface area contributed by atoms with E-state index in [1.165, 1.54) is 4.57 Å². The minimum Gasteiger partial charge on any atom is -0.349 e. The molecule has 116 valence electrons. The van der Waals surface area contributed by atoms with Gasteiger partial charge in [-0.05, 0) is 25.5 Å². The van der Waals surface area contributed by atoms with E-state index in [0.717, 1.165) is 42.7 Å². The molecule has 0 amide bonds. The van der Waals surface area contributed by atoms with Crippen LogP contribution in [0.2, 0.25) is 0 Å². The smallest absolute Gasteiger partial charge is 0.229 e. The standard InChI is InChI=1S/C15H21N7/c1-3-11-8-21(10(2)7-19-11)14-13-12(5-4-6-18-13)22(9-16)15(17)20-14/h4-6,9-11,16-17,19H,3,7-8H2,1-2H3/t10-,11+/m0/s1. The molecule has 0 radical (unpaired) electrons. The monoisotopic (exact) mass is 299 g/mol. The Hall–Kier alpha value is -2.28. The molecule has 7 heteroatoms. The Morgan fingerprint density at radius 2 is 2.32 bits per heavy atom. The third kappa shape index (κ3) is 2.37. The number of aromatic nitrogens is 3. The van der Waals surface area contributed by atoms with Gasteiger partial charge in [-0.25, -0.2) is 0 Å². The number of hydrogen-bond donors (Lipinski definition) is 3. The molecule has 2 atom stereocenters. The first-order valence-corrected chi connectivity index (χ1v) is 7.58. The summed E-state index contributed by atoms with van der Waals surface area (Å²) in [6, 6.07) is 4.40. The van der Waals surface area contributed by atoms with Crippen molar-refractivity contribution in [2.75, 3.05) is 18.0 Å². The molecule has 2 aromatic rings. The van der Waals surface area contributed by atoms with E-state index in [-0.39, 0.29) is 11.7 Å². The van der Waals surface area contributed by atoms with Gasteiger partial charge < -0.3 is 10.2 Å². The Balaban J connectivity index is 2.18. The van der Waals surface area contributed by atoms with Crippen molar-refractivity contribution in [1.29, 1.82) is 10.8 Å². The van der Waals surface area contributed by atoms with Crippen molar-refractivity contribution in [2.45, 2.75) is 32.4 Å². The average Bonchev–Trinajstić information content (AvgIpc) is 2.55. The lowest BCUT2D eigenvalue weighted by molar-refractivity contribution is 0.395. The molecule has 0 aromatic carbocycles. The van der Waals surface area contributed by atoms with Crippen LogP contribution in [0, 0.1) is 10.8 Å². The average molecular weight is 299 g/mol. The number of pyridine rings is 1. The quantitative estimate of drug-likeness (QED) is 0.581. The van der Waals surface area contributed by atoms with Crippen molar-refractivity contribution in [3.8, 4) is 0 Å². The number of hydrogen-bond acceptors (Lipinski definition) is 6. The zero-order valence-electron chi connectivity index (χ0n) is 12.9. The second kappa shape index (κ2) is 5.84. The molecule has 1 aliphatic rings. The number of nitrogens with one attached hydrogen (secondary N) is 3. The van der Waals surface area contributed by atoms with E-state index in [0.29, 0.717) is 6.04 Å². The molecule has 3 N–H and O–H groups in total. The molecule has 0 bridgehead atoms. The van der Waals surface area contributed by atoms with E-state index in [1.807, 2.05) is 12.1 Å². The van der Waals surface area contributed by atoms with Gasteiger partial charge in [0, 0.05) is 31.4 Å². The van der Waals surface area contributed by atoms with Crippen LogP contribution in [-0.4, -0.2) is 46.0 Å². The van der Waals surface area contributed by atoms with Gasteiger partial charge in [-0.1, -0.05) is 6.92 Å². The molecule has 0 spiro atoms. The van der Waals surface area contributed by atoms with Gasteiger partial charge in [-0.2, -0.15) is 4.98 Å². The van der Waals surface area contributed by atoms with E-state index in [4.69, 9.17) is 10.8 Å². The highest BCUT2D eigenvalue weighted by Crippen LogP contribution is 2.24. The fraction of sp³-hybridized carbons (Fsp3) is 0.467. The molecule has 7 nitrogen and oxygen atoms in total. The van der Waals surface area contributed by atoms with Crippen molar-refractivity contribution in [3.63, 3.8) is 0 Å². The maximum atomic E-state index is 8.10. The summed E-state index contributed by atoms with van der Waals surface area (Å²) in [7, 11) is 0. The highest BCUT2D eigenvalue weighted by Gasteiger charge is 2.27. The molecule has 1 saturated heterocycles. The lowest BCUT2D eigenvalue weighted by Crippen LogP contribution is -2.56. The zero-order valence-corrected chi connectivity index (χ0v) is 12.9. The van der Waals surface area contributed by atoms with Gasteiger partial charge in [0.2, 0.25) is 5.62 Å². The molecular formula is C15H21N7. The topological polar surface area (TPSA) is 93.7 Å². The highest BCUT2D eigenvalue weighted by atomic mass is 15.3. The molecule has 22 heavy (non-hydrogen) atoms. The molecule has 3 rings (SSSR count). The van der Waals surface area contributed by atoms with Crippen LogP contribution in [-0.2, 0) is 0 Å². The SMILES string of the molecule is CC[C@@H]1CN(c2nc(=N)n(C=N)c3cccnc23)[C@@H](C)CN1. The van der Waals surface area contributed by atoms with Crippen molar-refractivity contribution in [2.24, 2.45) is 0 Å². The van der Waals surface area contributed by atoms with E-state index < -0.39 is 0 Å². The lowest BCUT2D eigenvalue weighted by atomic mass is 10.1. The van der Waals surface area contributed by atoms with Crippen LogP contribution < -0.4 is 15.8 Å². The molecule has 3 heterocycles. The summed E-state index contributed by atoms with van der Waals surface area (Å²) < 4.78 is 1.44. The minimum absolute atomic E-state index is 0.0595. The summed E-state index contributed by atoms with van der Waals surface area (Å²) in [6.45, 7) is 6.06. The first kappa shape index (κ1) is 14.6. The van der Waals surface area contributed by atoms with Crippen LogP contribution >= 0.6 is 0 Å². The summed E-state index contributed by atoms with van der Waals surface area (Å²) in [5.74, 6) is 0.742. The third-order valence-corrected chi connectivity index (χ3v) is 4.24. The second-order valence-electron chi connectivity index (χ2n) is 5.64. The van der Waals surface area contributed by atoms with E-state index in [2.05, 4.69) is 34.0 Å². The molecule has 1 fully saturated rings. The van der Waals surface area contributed by atoms with Gasteiger partial charge in [0.1, 0.15) is 5.52 Å². The largest absolute Gasteiger partial charge is 0.349 e. The number of fused-ring (bicyclic) bond motifs is 1. The fourth-order valence-corrected chi connectivity index (χ4v) is 2.91. The first-order valence-electron chi connectivity index (χ1n) is 7.58. The van der Waals surface area contributed by atoms with Crippen LogP contribution in [0.25, 0.3) is 11.0 Å². The molecule has 0 saturated carbocycles. The van der Waals surface area contributed by atoms with Gasteiger partial charge in [0.25, 0.3) is 0 Å². The van der Waals surface area contributed by atoms with Crippen LogP contribution in [0.4, 0.5) is 5.82 Å². The summed E-state index contributed by atoms with van der Waals surface area (Å²) in [4.78, 5) is 11.1. The van der Waals surface area contributed by atoms with Gasteiger partial charge in [-0.3, -0.25) is 20.4 Å². The van der Waals surface area contributed by atoms with Gasteiger partial charge in [-0.15, -0.1) is 0 Å². The van der Waals surface area contributed by atoms with Crippen LogP contribution in [0.5, 0.6) is 0 Å². The normalized spacial score (nSPS) is 22.0. The van der Waals surface area contributed by atoms with Gasteiger partial charge in [0.05, 0.1) is 11.9 Å². The Morgan fingerprint density at radius 1 is 1.50 bits per heavy atom. The molecule has 1 aliphatic heterocycles. The van der Waals surface area contributed by atoms with Gasteiger partial charge in [0.15, 0.2) is 5.82 Å². The Bertz CT molecular complexity index is 751. The van der Waals surface area contributed by atoms with E-state index in [1.54, 1.807) is 6.20 Å². The Kier molecular flexibility index (Phi) is 3.89. The lowest BCUT2D eigenvalue weighted by Gasteiger charge is -2.39. The predicted molar refractivity (Wildman–Crippen MR) is 86.5 cm³/mol. The zero-order chi connectivity index (χ0) is 15.7. The first-order chi connectivity index (χ1) is 10.7. The van der Waals surface area contributed by atoms with E-state index >= 15 is 0 Å². The molecule has 2 aromatic heterocycles. The number of anilines is 1. The molecular weight excluding hydrogens is 278 g/mol. The Labute approximate surface area is 129 Å². The highest BCUT2D eigenvalue weighted by molar-refractivity contribution is 5.89. The summed E-state index contributed by atoms with van der Waals surface area (Å²) in [5.41, 5.74) is 1.54. The number of rotatable bonds is 3. The fourth-order valence-electron chi connectivity index (χ4n) is 2.91.